The third-order valence-electron chi connectivity index (χ3n) is 10.6. The number of aliphatic hydroxyl groups is 1. The summed E-state index contributed by atoms with van der Waals surface area (Å²) in [5.74, 6) is -1.51. The number of esters is 3. The number of unbranched alkanes of at least 4 members (excludes halogenated alkanes) is 18. The second-order valence-electron chi connectivity index (χ2n) is 16.9. The summed E-state index contributed by atoms with van der Waals surface area (Å²) >= 11 is 0. The minimum absolute atomic E-state index is 0.143. The molecule has 0 saturated heterocycles. The molecule has 0 amide bonds. The van der Waals surface area contributed by atoms with Gasteiger partial charge >= 0.3 is 25.7 Å². The van der Waals surface area contributed by atoms with Crippen LogP contribution in [-0.4, -0.2) is 66.5 Å². The number of rotatable bonds is 47. The molecule has 3 atom stereocenters. The first kappa shape index (κ1) is 62.9. The average Bonchev–Trinajstić information content (AvgIpc) is 3.30. The van der Waals surface area contributed by atoms with E-state index in [1.807, 2.05) is 0 Å². The summed E-state index contributed by atoms with van der Waals surface area (Å²) in [6.45, 7) is 4.34. The second-order valence-corrected chi connectivity index (χ2v) is 18.4. The molecule has 0 aromatic heterocycles. The SMILES string of the molecule is CC/C=C\C/C=C\C/C=C\CCCCCCCC(=O)OCC(COP(=O)(O)OCC(CO)OC(=O)CCCCCCCCCCC)OC(=O)CCCCCCC/C=C\C/C=C\C/C=C\CC. The molecule has 0 aromatic rings. The maximum atomic E-state index is 12.8. The fraction of sp³-hybridized carbons (Fsp3) is 0.722. The van der Waals surface area contributed by atoms with E-state index in [-0.39, 0.29) is 25.9 Å². The molecule has 0 spiro atoms. The van der Waals surface area contributed by atoms with Crippen molar-refractivity contribution >= 4 is 25.7 Å². The Morgan fingerprint density at radius 2 is 0.788 bits per heavy atom. The number of allylic oxidation sites excluding steroid dienone is 12. The maximum absolute atomic E-state index is 12.8. The Kier molecular flexibility index (Phi) is 46.1. The summed E-state index contributed by atoms with van der Waals surface area (Å²) in [4.78, 5) is 48.2. The Labute approximate surface area is 401 Å². The van der Waals surface area contributed by atoms with E-state index in [2.05, 4.69) is 93.7 Å². The van der Waals surface area contributed by atoms with Gasteiger partial charge in [-0.3, -0.25) is 23.4 Å². The van der Waals surface area contributed by atoms with Crippen molar-refractivity contribution in [2.45, 2.75) is 226 Å². The summed E-state index contributed by atoms with van der Waals surface area (Å²) in [5.41, 5.74) is 0. The highest BCUT2D eigenvalue weighted by atomic mass is 31.2. The number of phosphoric ester groups is 1. The highest BCUT2D eigenvalue weighted by Gasteiger charge is 2.28. The largest absolute Gasteiger partial charge is 0.472 e. The van der Waals surface area contributed by atoms with Gasteiger partial charge in [-0.05, 0) is 83.5 Å². The van der Waals surface area contributed by atoms with Crippen molar-refractivity contribution in [2.24, 2.45) is 0 Å². The Bertz CT molecular complexity index is 1390. The molecular formula is C54H93O11P. The zero-order valence-corrected chi connectivity index (χ0v) is 42.5. The van der Waals surface area contributed by atoms with Crippen molar-refractivity contribution in [3.05, 3.63) is 72.9 Å². The minimum atomic E-state index is -4.75. The maximum Gasteiger partial charge on any atom is 0.472 e. The van der Waals surface area contributed by atoms with E-state index < -0.39 is 57.8 Å². The van der Waals surface area contributed by atoms with Gasteiger partial charge in [0.05, 0.1) is 19.8 Å². The van der Waals surface area contributed by atoms with Crippen molar-refractivity contribution in [2.75, 3.05) is 26.4 Å². The first-order chi connectivity index (χ1) is 32.2. The molecule has 0 aromatic carbocycles. The van der Waals surface area contributed by atoms with Crippen molar-refractivity contribution in [1.82, 2.24) is 0 Å². The summed E-state index contributed by atoms with van der Waals surface area (Å²) < 4.78 is 39.3. The molecule has 66 heavy (non-hydrogen) atoms. The lowest BCUT2D eigenvalue weighted by Crippen LogP contribution is -2.30. The molecular weight excluding hydrogens is 856 g/mol. The fourth-order valence-corrected chi connectivity index (χ4v) is 7.52. The molecule has 0 aliphatic carbocycles. The number of carbonyl (C=O) groups is 3. The Morgan fingerprint density at radius 1 is 0.439 bits per heavy atom. The smallest absolute Gasteiger partial charge is 0.462 e. The first-order valence-corrected chi connectivity index (χ1v) is 27.3. The highest BCUT2D eigenvalue weighted by molar-refractivity contribution is 7.47. The fourth-order valence-electron chi connectivity index (χ4n) is 6.74. The molecule has 0 bridgehead atoms. The Morgan fingerprint density at radius 3 is 1.21 bits per heavy atom. The van der Waals surface area contributed by atoms with Gasteiger partial charge in [0.2, 0.25) is 0 Å². The van der Waals surface area contributed by atoms with Gasteiger partial charge in [0.15, 0.2) is 6.10 Å². The molecule has 12 heteroatoms. The van der Waals surface area contributed by atoms with Gasteiger partial charge < -0.3 is 24.2 Å². The van der Waals surface area contributed by atoms with Crippen LogP contribution in [-0.2, 0) is 42.2 Å². The quantitative estimate of drug-likeness (QED) is 0.0197. The molecule has 2 N–H and O–H groups in total. The molecule has 11 nitrogen and oxygen atoms in total. The van der Waals surface area contributed by atoms with Gasteiger partial charge in [-0.25, -0.2) is 4.57 Å². The number of hydrogen-bond donors (Lipinski definition) is 2. The lowest BCUT2D eigenvalue weighted by molar-refractivity contribution is -0.161. The molecule has 0 aliphatic rings. The number of phosphoric acid groups is 1. The molecule has 3 unspecified atom stereocenters. The molecule has 0 fully saturated rings. The van der Waals surface area contributed by atoms with Crippen molar-refractivity contribution in [3.8, 4) is 0 Å². The molecule has 0 rings (SSSR count). The standard InChI is InChI=1S/C54H93O11P/c1-4-7-10-13-16-19-21-23-25-27-29-32-34-37-40-43-52(56)61-47-51(65-54(58)45-42-39-36-33-30-28-26-24-22-20-17-14-11-8-5-2)49-63-66(59,60)62-48-50(46-55)64-53(57)44-41-38-35-31-18-15-12-9-6-3/h7-8,10-11,16-17,19-20,23-26,50-51,55H,4-6,9,12-15,18,21-22,27-49H2,1-3H3,(H,59,60)/b10-7-,11-8-,19-16-,20-17-,25-23-,26-24-. The first-order valence-electron chi connectivity index (χ1n) is 25.8. The van der Waals surface area contributed by atoms with Crippen LogP contribution in [0.1, 0.15) is 213 Å². The number of hydrogen-bond acceptors (Lipinski definition) is 10. The topological polar surface area (TPSA) is 155 Å². The van der Waals surface area contributed by atoms with Crippen molar-refractivity contribution < 1.29 is 52.2 Å². The van der Waals surface area contributed by atoms with Crippen LogP contribution in [0.25, 0.3) is 0 Å². The zero-order chi connectivity index (χ0) is 48.4. The summed E-state index contributed by atoms with van der Waals surface area (Å²) in [6, 6.07) is 0. The summed E-state index contributed by atoms with van der Waals surface area (Å²) in [5, 5.41) is 9.74. The van der Waals surface area contributed by atoms with Gasteiger partial charge in [-0.15, -0.1) is 0 Å². The molecule has 0 heterocycles. The van der Waals surface area contributed by atoms with E-state index in [4.69, 9.17) is 23.3 Å². The predicted molar refractivity (Wildman–Crippen MR) is 270 cm³/mol. The van der Waals surface area contributed by atoms with Crippen LogP contribution in [0, 0.1) is 0 Å². The van der Waals surface area contributed by atoms with Gasteiger partial charge in [-0.2, -0.15) is 0 Å². The average molecular weight is 949 g/mol. The van der Waals surface area contributed by atoms with Crippen molar-refractivity contribution in [1.29, 1.82) is 0 Å². The van der Waals surface area contributed by atoms with E-state index in [0.29, 0.717) is 19.3 Å². The van der Waals surface area contributed by atoms with Gasteiger partial charge in [0.25, 0.3) is 0 Å². The van der Waals surface area contributed by atoms with Crippen LogP contribution in [0.3, 0.4) is 0 Å². The van der Waals surface area contributed by atoms with Gasteiger partial charge in [0, 0.05) is 19.3 Å². The third-order valence-corrected chi connectivity index (χ3v) is 11.6. The molecule has 0 saturated carbocycles. The van der Waals surface area contributed by atoms with Gasteiger partial charge in [-0.1, -0.05) is 184 Å². The van der Waals surface area contributed by atoms with E-state index in [0.717, 1.165) is 122 Å². The Hall–Kier alpha value is -3.08. The van der Waals surface area contributed by atoms with Gasteiger partial charge in [0.1, 0.15) is 12.7 Å². The Balaban J connectivity index is 4.81. The van der Waals surface area contributed by atoms with E-state index in [1.54, 1.807) is 0 Å². The summed E-state index contributed by atoms with van der Waals surface area (Å²) in [7, 11) is -4.75. The molecule has 0 aliphatic heterocycles. The predicted octanol–water partition coefficient (Wildman–Crippen LogP) is 14.6. The van der Waals surface area contributed by atoms with Crippen molar-refractivity contribution in [3.63, 3.8) is 0 Å². The number of carbonyl (C=O) groups excluding carboxylic acids is 3. The minimum Gasteiger partial charge on any atom is -0.462 e. The van der Waals surface area contributed by atoms with Crippen LogP contribution >= 0.6 is 7.82 Å². The van der Waals surface area contributed by atoms with Crippen LogP contribution in [0.5, 0.6) is 0 Å². The highest BCUT2D eigenvalue weighted by Crippen LogP contribution is 2.43. The van der Waals surface area contributed by atoms with Crippen LogP contribution < -0.4 is 0 Å². The molecule has 0 radical (unpaired) electrons. The summed E-state index contributed by atoms with van der Waals surface area (Å²) in [6.07, 6.45) is 51.6. The molecule has 380 valence electrons. The third kappa shape index (κ3) is 46.0. The van der Waals surface area contributed by atoms with Crippen LogP contribution in [0.15, 0.2) is 72.9 Å². The lowest BCUT2D eigenvalue weighted by atomic mass is 10.1. The number of ether oxygens (including phenoxy) is 3. The van der Waals surface area contributed by atoms with Crippen LogP contribution in [0.2, 0.25) is 0 Å². The normalized spacial score (nSPS) is 14.1. The van der Waals surface area contributed by atoms with E-state index >= 15 is 0 Å². The number of aliphatic hydroxyl groups excluding tert-OH is 1. The van der Waals surface area contributed by atoms with Crippen LogP contribution in [0.4, 0.5) is 0 Å². The zero-order valence-electron chi connectivity index (χ0n) is 41.6. The second kappa shape index (κ2) is 48.4. The lowest BCUT2D eigenvalue weighted by Gasteiger charge is -2.21. The van der Waals surface area contributed by atoms with E-state index in [1.165, 1.54) is 32.1 Å². The monoisotopic (exact) mass is 949 g/mol. The van der Waals surface area contributed by atoms with E-state index in [9.17, 15) is 28.9 Å².